The van der Waals surface area contributed by atoms with Crippen LogP contribution in [0.1, 0.15) is 35.6 Å². The zero-order valence-electron chi connectivity index (χ0n) is 12.0. The standard InChI is InChI=1S/C14H16F3N3O/c1-8(2)6-18-13(21)12-9(3)19-11-5-4-10(7-20(11)12)14(15,16)17/h4-5,7-8H,6H2,1-3H3,(H,18,21). The lowest BCUT2D eigenvalue weighted by molar-refractivity contribution is -0.137. The van der Waals surface area contributed by atoms with Gasteiger partial charge in [-0.3, -0.25) is 9.20 Å². The first-order valence-corrected chi connectivity index (χ1v) is 6.54. The summed E-state index contributed by atoms with van der Waals surface area (Å²) in [5, 5.41) is 2.69. The molecule has 0 aliphatic carbocycles. The first kappa shape index (κ1) is 15.3. The van der Waals surface area contributed by atoms with Crippen molar-refractivity contribution in [1.82, 2.24) is 14.7 Å². The number of alkyl halides is 3. The number of carbonyl (C=O) groups excluding carboxylic acids is 1. The van der Waals surface area contributed by atoms with Crippen LogP contribution in [0.3, 0.4) is 0 Å². The molecule has 1 amide bonds. The van der Waals surface area contributed by atoms with Crippen LogP contribution in [0.15, 0.2) is 18.3 Å². The molecule has 2 aromatic heterocycles. The monoisotopic (exact) mass is 299 g/mol. The number of aryl methyl sites for hydroxylation is 1. The summed E-state index contributed by atoms with van der Waals surface area (Å²) in [5.74, 6) is -0.174. The van der Waals surface area contributed by atoms with E-state index in [0.29, 0.717) is 17.9 Å². The van der Waals surface area contributed by atoms with Gasteiger partial charge in [-0.15, -0.1) is 0 Å². The summed E-state index contributed by atoms with van der Waals surface area (Å²) in [6.07, 6.45) is -3.56. The third-order valence-electron chi connectivity index (χ3n) is 3.01. The second-order valence-electron chi connectivity index (χ2n) is 5.29. The molecule has 4 nitrogen and oxygen atoms in total. The van der Waals surface area contributed by atoms with Gasteiger partial charge in [-0.25, -0.2) is 4.98 Å². The largest absolute Gasteiger partial charge is 0.417 e. The third kappa shape index (κ3) is 3.17. The molecule has 0 aliphatic rings. The van der Waals surface area contributed by atoms with Gasteiger partial charge in [0.2, 0.25) is 0 Å². The van der Waals surface area contributed by atoms with E-state index in [0.717, 1.165) is 12.3 Å². The Hall–Kier alpha value is -2.05. The van der Waals surface area contributed by atoms with E-state index in [-0.39, 0.29) is 11.6 Å². The number of fused-ring (bicyclic) bond motifs is 1. The molecule has 0 spiro atoms. The molecular formula is C14H16F3N3O. The van der Waals surface area contributed by atoms with Gasteiger partial charge in [-0.05, 0) is 25.0 Å². The SMILES string of the molecule is Cc1nc2ccc(C(F)(F)F)cn2c1C(=O)NCC(C)C. The van der Waals surface area contributed by atoms with Crippen molar-refractivity contribution < 1.29 is 18.0 Å². The fourth-order valence-electron chi connectivity index (χ4n) is 1.98. The van der Waals surface area contributed by atoms with Crippen LogP contribution in [0.4, 0.5) is 13.2 Å². The molecule has 0 bridgehead atoms. The zero-order chi connectivity index (χ0) is 15.8. The lowest BCUT2D eigenvalue weighted by Crippen LogP contribution is -2.29. The lowest BCUT2D eigenvalue weighted by atomic mass is 10.2. The van der Waals surface area contributed by atoms with Gasteiger partial charge in [0.1, 0.15) is 11.3 Å². The Bertz CT molecular complexity index is 674. The van der Waals surface area contributed by atoms with Crippen molar-refractivity contribution in [2.24, 2.45) is 5.92 Å². The van der Waals surface area contributed by atoms with Crippen LogP contribution in [-0.4, -0.2) is 21.8 Å². The molecule has 0 radical (unpaired) electrons. The Labute approximate surface area is 120 Å². The van der Waals surface area contributed by atoms with Gasteiger partial charge in [-0.1, -0.05) is 13.8 Å². The van der Waals surface area contributed by atoms with Crippen molar-refractivity contribution in [3.05, 3.63) is 35.3 Å². The summed E-state index contributed by atoms with van der Waals surface area (Å²) < 4.78 is 39.5. The maximum Gasteiger partial charge on any atom is 0.417 e. The highest BCUT2D eigenvalue weighted by Gasteiger charge is 2.31. The van der Waals surface area contributed by atoms with Crippen molar-refractivity contribution in [2.75, 3.05) is 6.54 Å². The van der Waals surface area contributed by atoms with Gasteiger partial charge in [0.25, 0.3) is 5.91 Å². The van der Waals surface area contributed by atoms with E-state index >= 15 is 0 Å². The molecule has 2 heterocycles. The molecule has 0 saturated carbocycles. The molecular weight excluding hydrogens is 283 g/mol. The maximum absolute atomic E-state index is 12.8. The molecule has 0 atom stereocenters. The zero-order valence-corrected chi connectivity index (χ0v) is 12.0. The maximum atomic E-state index is 12.8. The van der Waals surface area contributed by atoms with E-state index in [1.165, 1.54) is 10.5 Å². The van der Waals surface area contributed by atoms with Crippen LogP contribution >= 0.6 is 0 Å². The molecule has 21 heavy (non-hydrogen) atoms. The van der Waals surface area contributed by atoms with Crippen LogP contribution in [0.5, 0.6) is 0 Å². The van der Waals surface area contributed by atoms with Gasteiger partial charge in [0.05, 0.1) is 11.3 Å². The number of nitrogens with one attached hydrogen (secondary N) is 1. The average molecular weight is 299 g/mol. The summed E-state index contributed by atoms with van der Waals surface area (Å²) in [4.78, 5) is 16.3. The molecule has 114 valence electrons. The summed E-state index contributed by atoms with van der Waals surface area (Å²) in [5.41, 5.74) is 0.0350. The fourth-order valence-corrected chi connectivity index (χ4v) is 1.98. The highest BCUT2D eigenvalue weighted by molar-refractivity contribution is 5.94. The molecule has 1 N–H and O–H groups in total. The molecule has 2 rings (SSSR count). The topological polar surface area (TPSA) is 46.4 Å². The second-order valence-corrected chi connectivity index (χ2v) is 5.29. The predicted molar refractivity (Wildman–Crippen MR) is 72.1 cm³/mol. The highest BCUT2D eigenvalue weighted by Crippen LogP contribution is 2.29. The first-order chi connectivity index (χ1) is 9.70. The van der Waals surface area contributed by atoms with Crippen molar-refractivity contribution >= 4 is 11.6 Å². The van der Waals surface area contributed by atoms with Gasteiger partial charge in [0.15, 0.2) is 0 Å². The van der Waals surface area contributed by atoms with Crippen LogP contribution in [0.25, 0.3) is 5.65 Å². The predicted octanol–water partition coefficient (Wildman–Crippen LogP) is 3.05. The van der Waals surface area contributed by atoms with Crippen LogP contribution in [0, 0.1) is 12.8 Å². The highest BCUT2D eigenvalue weighted by atomic mass is 19.4. The van der Waals surface area contributed by atoms with E-state index in [9.17, 15) is 18.0 Å². The van der Waals surface area contributed by atoms with E-state index in [4.69, 9.17) is 0 Å². The first-order valence-electron chi connectivity index (χ1n) is 6.54. The van der Waals surface area contributed by atoms with Crippen LogP contribution < -0.4 is 5.32 Å². The van der Waals surface area contributed by atoms with Crippen molar-refractivity contribution in [3.63, 3.8) is 0 Å². The number of aromatic nitrogens is 2. The Morgan fingerprint density at radius 1 is 1.38 bits per heavy atom. The van der Waals surface area contributed by atoms with Crippen LogP contribution in [-0.2, 0) is 6.18 Å². The minimum absolute atomic E-state index is 0.136. The second kappa shape index (κ2) is 5.38. The molecule has 0 aliphatic heterocycles. The van der Waals surface area contributed by atoms with Crippen molar-refractivity contribution in [3.8, 4) is 0 Å². The van der Waals surface area contributed by atoms with Gasteiger partial charge >= 0.3 is 6.18 Å². The molecule has 7 heteroatoms. The number of nitrogens with zero attached hydrogens (tertiary/aromatic N) is 2. The number of amides is 1. The lowest BCUT2D eigenvalue weighted by Gasteiger charge is -2.10. The number of carbonyl (C=O) groups is 1. The fraction of sp³-hybridized carbons (Fsp3) is 0.429. The normalized spacial score (nSPS) is 12.1. The smallest absolute Gasteiger partial charge is 0.350 e. The molecule has 2 aromatic rings. The van der Waals surface area contributed by atoms with Gasteiger partial charge in [-0.2, -0.15) is 13.2 Å². The number of hydrogen-bond donors (Lipinski definition) is 1. The number of pyridine rings is 1. The summed E-state index contributed by atoms with van der Waals surface area (Å²) in [6.45, 7) is 5.92. The number of halogens is 3. The molecule has 0 unspecified atom stereocenters. The average Bonchev–Trinajstić information content (AvgIpc) is 2.69. The molecule has 0 saturated heterocycles. The Morgan fingerprint density at radius 2 is 2.05 bits per heavy atom. The van der Waals surface area contributed by atoms with E-state index in [1.54, 1.807) is 6.92 Å². The Morgan fingerprint density at radius 3 is 2.62 bits per heavy atom. The Kier molecular flexibility index (Phi) is 3.93. The summed E-state index contributed by atoms with van der Waals surface area (Å²) in [6, 6.07) is 2.21. The third-order valence-corrected chi connectivity index (χ3v) is 3.01. The minimum atomic E-state index is -4.46. The summed E-state index contributed by atoms with van der Waals surface area (Å²) >= 11 is 0. The van der Waals surface area contributed by atoms with Crippen molar-refractivity contribution in [1.29, 1.82) is 0 Å². The molecule has 0 aromatic carbocycles. The van der Waals surface area contributed by atoms with Crippen molar-refractivity contribution in [2.45, 2.75) is 26.9 Å². The van der Waals surface area contributed by atoms with E-state index < -0.39 is 17.6 Å². The van der Waals surface area contributed by atoms with E-state index in [1.807, 2.05) is 13.8 Å². The van der Waals surface area contributed by atoms with Crippen LogP contribution in [0.2, 0.25) is 0 Å². The quantitative estimate of drug-likeness (QED) is 0.947. The Balaban J connectivity index is 2.47. The number of imidazole rings is 1. The number of rotatable bonds is 3. The van der Waals surface area contributed by atoms with E-state index in [2.05, 4.69) is 10.3 Å². The summed E-state index contributed by atoms with van der Waals surface area (Å²) in [7, 11) is 0. The van der Waals surface area contributed by atoms with Gasteiger partial charge in [0, 0.05) is 12.7 Å². The minimum Gasteiger partial charge on any atom is -0.350 e. The van der Waals surface area contributed by atoms with Gasteiger partial charge < -0.3 is 5.32 Å². The number of hydrogen-bond acceptors (Lipinski definition) is 2. The molecule has 0 fully saturated rings.